The van der Waals surface area contributed by atoms with Crippen molar-refractivity contribution in [3.05, 3.63) is 48.8 Å². The number of hydrogen-bond donors (Lipinski definition) is 1. The summed E-state index contributed by atoms with van der Waals surface area (Å²) >= 11 is 1.63. The Morgan fingerprint density at radius 2 is 1.86 bits per heavy atom. The molecule has 0 aliphatic rings. The van der Waals surface area contributed by atoms with Crippen LogP contribution in [0.25, 0.3) is 10.9 Å². The average Bonchev–Trinajstić information content (AvgIpc) is 2.54. The molecule has 0 bridgehead atoms. The third-order valence-corrected chi connectivity index (χ3v) is 3.98. The zero-order chi connectivity index (χ0) is 14.5. The Balaban J connectivity index is 2.02. The number of anilines is 1. The summed E-state index contributed by atoms with van der Waals surface area (Å²) in [6.07, 6.45) is 4.63. The lowest BCUT2D eigenvalue weighted by molar-refractivity contribution is 0.945. The van der Waals surface area contributed by atoms with Crippen LogP contribution in [0.2, 0.25) is 0 Å². The van der Waals surface area contributed by atoms with E-state index in [9.17, 15) is 0 Å². The normalized spacial score (nSPS) is 10.7. The smallest absolute Gasteiger partial charge is 0.224 e. The van der Waals surface area contributed by atoms with Gasteiger partial charge in [-0.2, -0.15) is 0 Å². The number of nitrogens with zero attached hydrogens (tertiary/aromatic N) is 3. The molecule has 2 heterocycles. The Labute approximate surface area is 128 Å². The maximum absolute atomic E-state index is 4.65. The zero-order valence-corrected chi connectivity index (χ0v) is 12.6. The molecule has 0 unspecified atom stereocenters. The van der Waals surface area contributed by atoms with Crippen LogP contribution in [0.3, 0.4) is 0 Å². The first-order valence-corrected chi connectivity index (χ1v) is 7.77. The van der Waals surface area contributed by atoms with Gasteiger partial charge in [0, 0.05) is 29.2 Å². The molecule has 0 atom stereocenters. The molecule has 0 saturated carbocycles. The van der Waals surface area contributed by atoms with Gasteiger partial charge in [0.15, 0.2) is 0 Å². The van der Waals surface area contributed by atoms with Crippen LogP contribution in [-0.2, 0) is 0 Å². The second-order valence-corrected chi connectivity index (χ2v) is 5.64. The molecule has 1 N–H and O–H groups in total. The van der Waals surface area contributed by atoms with Crippen molar-refractivity contribution in [2.75, 3.05) is 11.9 Å². The lowest BCUT2D eigenvalue weighted by Gasteiger charge is -2.09. The van der Waals surface area contributed by atoms with E-state index in [1.54, 1.807) is 24.2 Å². The summed E-state index contributed by atoms with van der Waals surface area (Å²) in [5.41, 5.74) is 0.961. The minimum Gasteiger partial charge on any atom is -0.354 e. The number of nitrogens with one attached hydrogen (secondary N) is 1. The Hall–Kier alpha value is -2.14. The lowest BCUT2D eigenvalue weighted by atomic mass is 10.2. The summed E-state index contributed by atoms with van der Waals surface area (Å²) in [4.78, 5) is 14.4. The maximum Gasteiger partial charge on any atom is 0.224 e. The first-order chi connectivity index (χ1) is 10.4. The number of fused-ring (bicyclic) bond motifs is 1. The van der Waals surface area contributed by atoms with Gasteiger partial charge in [-0.3, -0.25) is 4.98 Å². The van der Waals surface area contributed by atoms with Crippen molar-refractivity contribution in [2.45, 2.75) is 23.3 Å². The van der Waals surface area contributed by atoms with Crippen LogP contribution < -0.4 is 5.32 Å². The highest BCUT2D eigenvalue weighted by atomic mass is 32.2. The van der Waals surface area contributed by atoms with E-state index in [1.807, 2.05) is 30.3 Å². The van der Waals surface area contributed by atoms with Gasteiger partial charge >= 0.3 is 0 Å². The molecule has 0 aliphatic carbocycles. The third-order valence-electron chi connectivity index (χ3n) is 2.97. The van der Waals surface area contributed by atoms with Crippen molar-refractivity contribution in [2.24, 2.45) is 0 Å². The lowest BCUT2D eigenvalue weighted by Crippen LogP contribution is -2.05. The molecule has 0 fully saturated rings. The Kier molecular flexibility index (Phi) is 4.31. The number of benzene rings is 1. The molecule has 3 rings (SSSR count). The van der Waals surface area contributed by atoms with Gasteiger partial charge in [0.2, 0.25) is 5.95 Å². The molecule has 0 saturated heterocycles. The van der Waals surface area contributed by atoms with Gasteiger partial charge in [0.1, 0.15) is 5.03 Å². The van der Waals surface area contributed by atoms with Crippen LogP contribution in [0.4, 0.5) is 5.95 Å². The maximum atomic E-state index is 4.65. The van der Waals surface area contributed by atoms with Crippen LogP contribution in [0.15, 0.2) is 58.7 Å². The topological polar surface area (TPSA) is 50.7 Å². The fourth-order valence-electron chi connectivity index (χ4n) is 1.96. The van der Waals surface area contributed by atoms with Crippen molar-refractivity contribution in [3.8, 4) is 0 Å². The van der Waals surface area contributed by atoms with Crippen LogP contribution in [0, 0.1) is 0 Å². The molecule has 3 aromatic rings. The fourth-order valence-corrected chi connectivity index (χ4v) is 2.85. The average molecular weight is 296 g/mol. The second-order valence-electron chi connectivity index (χ2n) is 4.58. The highest BCUT2D eigenvalue weighted by molar-refractivity contribution is 7.99. The Bertz CT molecular complexity index is 731. The summed E-state index contributed by atoms with van der Waals surface area (Å²) in [6, 6.07) is 12.1. The monoisotopic (exact) mass is 296 g/mol. The third kappa shape index (κ3) is 3.31. The van der Waals surface area contributed by atoms with Crippen molar-refractivity contribution in [3.63, 3.8) is 0 Å². The van der Waals surface area contributed by atoms with Gasteiger partial charge in [0.05, 0.1) is 5.52 Å². The molecule has 2 aromatic heterocycles. The first kappa shape index (κ1) is 13.8. The second kappa shape index (κ2) is 6.54. The molecule has 0 spiro atoms. The molecule has 1 aromatic carbocycles. The van der Waals surface area contributed by atoms with E-state index in [2.05, 4.69) is 33.3 Å². The number of para-hydroxylation sites is 1. The molecular formula is C16H16N4S. The molecular weight excluding hydrogens is 280 g/mol. The summed E-state index contributed by atoms with van der Waals surface area (Å²) in [7, 11) is 0. The zero-order valence-electron chi connectivity index (χ0n) is 11.8. The van der Waals surface area contributed by atoms with Crippen molar-refractivity contribution in [1.82, 2.24) is 15.0 Å². The number of aromatic nitrogens is 3. The van der Waals surface area contributed by atoms with Gasteiger partial charge in [-0.1, -0.05) is 36.9 Å². The molecule has 0 radical (unpaired) electrons. The van der Waals surface area contributed by atoms with Gasteiger partial charge in [0.25, 0.3) is 0 Å². The molecule has 21 heavy (non-hydrogen) atoms. The van der Waals surface area contributed by atoms with E-state index in [1.165, 1.54) is 0 Å². The van der Waals surface area contributed by atoms with Gasteiger partial charge in [-0.15, -0.1) is 0 Å². The van der Waals surface area contributed by atoms with E-state index in [0.29, 0.717) is 5.95 Å². The highest BCUT2D eigenvalue weighted by Crippen LogP contribution is 2.31. The Morgan fingerprint density at radius 1 is 1.05 bits per heavy atom. The standard InChI is InChI=1S/C16H16N4S/c1-2-9-18-16-19-14-6-4-3-5-13(14)15(20-16)21-12-7-10-17-11-8-12/h3-8,10-11H,2,9H2,1H3,(H,18,19,20). The van der Waals surface area contributed by atoms with E-state index >= 15 is 0 Å². The van der Waals surface area contributed by atoms with Gasteiger partial charge < -0.3 is 5.32 Å². The predicted molar refractivity (Wildman–Crippen MR) is 86.7 cm³/mol. The van der Waals surface area contributed by atoms with Crippen LogP contribution in [0.5, 0.6) is 0 Å². The minimum atomic E-state index is 0.687. The van der Waals surface area contributed by atoms with Crippen molar-refractivity contribution < 1.29 is 0 Å². The molecule has 0 aliphatic heterocycles. The molecule has 4 nitrogen and oxygen atoms in total. The fraction of sp³-hybridized carbons (Fsp3) is 0.188. The largest absolute Gasteiger partial charge is 0.354 e. The van der Waals surface area contributed by atoms with E-state index < -0.39 is 0 Å². The SMILES string of the molecule is CCCNc1nc(Sc2ccncc2)c2ccccc2n1. The van der Waals surface area contributed by atoms with Crippen LogP contribution in [-0.4, -0.2) is 21.5 Å². The van der Waals surface area contributed by atoms with Gasteiger partial charge in [-0.25, -0.2) is 9.97 Å². The summed E-state index contributed by atoms with van der Waals surface area (Å²) in [5, 5.41) is 5.30. The first-order valence-electron chi connectivity index (χ1n) is 6.95. The molecule has 0 amide bonds. The summed E-state index contributed by atoms with van der Waals surface area (Å²) in [6.45, 7) is 3.00. The van der Waals surface area contributed by atoms with Crippen LogP contribution >= 0.6 is 11.8 Å². The van der Waals surface area contributed by atoms with E-state index in [-0.39, 0.29) is 0 Å². The minimum absolute atomic E-state index is 0.687. The summed E-state index contributed by atoms with van der Waals surface area (Å²) in [5.74, 6) is 0.687. The number of hydrogen-bond acceptors (Lipinski definition) is 5. The quantitative estimate of drug-likeness (QED) is 0.721. The molecule has 106 valence electrons. The number of pyridine rings is 1. The highest BCUT2D eigenvalue weighted by Gasteiger charge is 2.08. The van der Waals surface area contributed by atoms with Crippen LogP contribution in [0.1, 0.15) is 13.3 Å². The van der Waals surface area contributed by atoms with E-state index in [4.69, 9.17) is 0 Å². The van der Waals surface area contributed by atoms with Crippen molar-refractivity contribution in [1.29, 1.82) is 0 Å². The molecule has 5 heteroatoms. The summed E-state index contributed by atoms with van der Waals surface area (Å²) < 4.78 is 0. The van der Waals surface area contributed by atoms with Gasteiger partial charge in [-0.05, 0) is 24.6 Å². The Morgan fingerprint density at radius 3 is 2.67 bits per heavy atom. The van der Waals surface area contributed by atoms with E-state index in [0.717, 1.165) is 33.8 Å². The van der Waals surface area contributed by atoms with Crippen molar-refractivity contribution >= 4 is 28.6 Å². The predicted octanol–water partition coefficient (Wildman–Crippen LogP) is 4.00. The number of rotatable bonds is 5.